The van der Waals surface area contributed by atoms with E-state index in [1.54, 1.807) is 18.3 Å². The van der Waals surface area contributed by atoms with Crippen LogP contribution in [-0.4, -0.2) is 50.9 Å². The van der Waals surface area contributed by atoms with Crippen LogP contribution in [-0.2, 0) is 0 Å². The third-order valence-corrected chi connectivity index (χ3v) is 8.17. The zero-order valence-corrected chi connectivity index (χ0v) is 24.2. The lowest BCUT2D eigenvalue weighted by molar-refractivity contribution is 0.101. The molecule has 1 aliphatic rings. The maximum Gasteiger partial charge on any atom is 0.255 e. The Bertz CT molecular complexity index is 1980. The Labute approximate surface area is 254 Å². The van der Waals surface area contributed by atoms with Crippen LogP contribution < -0.4 is 15.5 Å². The number of anilines is 3. The fourth-order valence-electron chi connectivity index (χ4n) is 5.78. The fraction of sp³-hybridized carbons (Fsp3) is 0.171. The summed E-state index contributed by atoms with van der Waals surface area (Å²) < 4.78 is 1.81. The highest BCUT2D eigenvalue weighted by atomic mass is 16.3. The summed E-state index contributed by atoms with van der Waals surface area (Å²) in [5, 5.41) is 22.2. The van der Waals surface area contributed by atoms with Crippen molar-refractivity contribution in [3.63, 3.8) is 0 Å². The summed E-state index contributed by atoms with van der Waals surface area (Å²) in [7, 11) is 0. The van der Waals surface area contributed by atoms with Crippen molar-refractivity contribution in [2.24, 2.45) is 0 Å². The maximum absolute atomic E-state index is 13.0. The van der Waals surface area contributed by atoms with E-state index in [-0.39, 0.29) is 17.9 Å². The molecule has 3 heterocycles. The topological polar surface area (TPSA) is 115 Å². The lowest BCUT2D eigenvalue weighted by Crippen LogP contribution is -2.35. The van der Waals surface area contributed by atoms with Crippen LogP contribution >= 0.6 is 0 Å². The number of aryl methyl sites for hydroxylation is 1. The minimum Gasteiger partial charge on any atom is -0.393 e. The van der Waals surface area contributed by atoms with Crippen molar-refractivity contribution in [1.29, 1.82) is 0 Å². The van der Waals surface area contributed by atoms with Gasteiger partial charge >= 0.3 is 0 Å². The lowest BCUT2D eigenvalue weighted by atomic mass is 10.1. The average molecular weight is 585 g/mol. The smallest absolute Gasteiger partial charge is 0.255 e. The minimum atomic E-state index is -0.221. The Hall–Kier alpha value is -5.41. The van der Waals surface area contributed by atoms with Crippen LogP contribution in [0.2, 0.25) is 0 Å². The van der Waals surface area contributed by atoms with Gasteiger partial charge in [0.05, 0.1) is 23.5 Å². The van der Waals surface area contributed by atoms with Gasteiger partial charge in [0, 0.05) is 63.3 Å². The van der Waals surface area contributed by atoms with Crippen LogP contribution in [0.4, 0.5) is 17.1 Å². The van der Waals surface area contributed by atoms with Crippen LogP contribution in [0, 0.1) is 6.92 Å². The van der Waals surface area contributed by atoms with Gasteiger partial charge in [-0.25, -0.2) is 4.68 Å². The van der Waals surface area contributed by atoms with Gasteiger partial charge in [-0.3, -0.25) is 9.59 Å². The van der Waals surface area contributed by atoms with Gasteiger partial charge in [0.25, 0.3) is 11.8 Å². The van der Waals surface area contributed by atoms with Gasteiger partial charge in [0.15, 0.2) is 0 Å². The van der Waals surface area contributed by atoms with Crippen LogP contribution in [0.25, 0.3) is 27.5 Å². The van der Waals surface area contributed by atoms with Crippen LogP contribution in [0.1, 0.15) is 39.3 Å². The van der Waals surface area contributed by atoms with Gasteiger partial charge in [-0.05, 0) is 111 Å². The van der Waals surface area contributed by atoms with E-state index in [1.165, 1.54) is 0 Å². The summed E-state index contributed by atoms with van der Waals surface area (Å²) in [5.74, 6) is -0.371. The van der Waals surface area contributed by atoms with Gasteiger partial charge in [-0.2, -0.15) is 5.10 Å². The van der Waals surface area contributed by atoms with Crippen molar-refractivity contribution in [2.45, 2.75) is 25.9 Å². The van der Waals surface area contributed by atoms with Gasteiger partial charge in [-0.1, -0.05) is 0 Å². The molecule has 0 unspecified atom stereocenters. The van der Waals surface area contributed by atoms with Gasteiger partial charge < -0.3 is 25.6 Å². The number of amides is 2. The molecule has 2 aromatic heterocycles. The van der Waals surface area contributed by atoms with Crippen LogP contribution in [0.5, 0.6) is 0 Å². The molecule has 44 heavy (non-hydrogen) atoms. The molecule has 4 N–H and O–H groups in total. The van der Waals surface area contributed by atoms with E-state index >= 15 is 0 Å². The number of fused-ring (bicyclic) bond motifs is 2. The fourth-order valence-corrected chi connectivity index (χ4v) is 5.78. The van der Waals surface area contributed by atoms with Crippen LogP contribution in [0.15, 0.2) is 97.2 Å². The molecule has 0 saturated carbocycles. The number of rotatable bonds is 6. The first-order chi connectivity index (χ1) is 21.4. The second-order valence-corrected chi connectivity index (χ2v) is 11.3. The summed E-state index contributed by atoms with van der Waals surface area (Å²) in [6.07, 6.45) is 3.06. The van der Waals surface area contributed by atoms with E-state index in [2.05, 4.69) is 25.6 Å². The van der Waals surface area contributed by atoms with Crippen molar-refractivity contribution in [1.82, 2.24) is 14.8 Å². The number of aliphatic hydroxyl groups excluding tert-OH is 1. The summed E-state index contributed by atoms with van der Waals surface area (Å²) in [5.41, 5.74) is 7.40. The highest BCUT2D eigenvalue weighted by Gasteiger charge is 2.18. The van der Waals surface area contributed by atoms with Crippen molar-refractivity contribution in [3.05, 3.63) is 114 Å². The molecule has 6 aromatic rings. The van der Waals surface area contributed by atoms with E-state index in [9.17, 15) is 14.7 Å². The largest absolute Gasteiger partial charge is 0.393 e. The molecule has 1 saturated heterocycles. The number of aliphatic hydroxyl groups is 1. The van der Waals surface area contributed by atoms with Gasteiger partial charge in [0.1, 0.15) is 0 Å². The summed E-state index contributed by atoms with van der Waals surface area (Å²) in [6, 6.07) is 28.4. The standard InChI is InChI=1S/C35H32N6O3/c1-22-18-25-19-27(6-12-32(25)37-22)38-35(44)24-4-10-30(11-5-24)41-33-13-7-28(20-26(33)21-36-41)39-34(43)23-2-8-29(9-3-23)40-16-14-31(42)15-17-40/h2-13,18-21,31,37,42H,14-17H2,1H3,(H,38,44)(H,39,43). The highest BCUT2D eigenvalue weighted by Crippen LogP contribution is 2.25. The van der Waals surface area contributed by atoms with E-state index in [1.807, 2.05) is 90.5 Å². The normalized spacial score (nSPS) is 13.8. The third kappa shape index (κ3) is 5.52. The highest BCUT2D eigenvalue weighted by molar-refractivity contribution is 6.06. The number of carbonyl (C=O) groups is 2. The molecule has 4 aromatic carbocycles. The second-order valence-electron chi connectivity index (χ2n) is 11.3. The number of hydrogen-bond donors (Lipinski definition) is 4. The predicted molar refractivity (Wildman–Crippen MR) is 174 cm³/mol. The van der Waals surface area contributed by atoms with E-state index in [0.29, 0.717) is 16.8 Å². The summed E-state index contributed by atoms with van der Waals surface area (Å²) in [6.45, 7) is 3.63. The molecule has 2 amide bonds. The van der Waals surface area contributed by atoms with Crippen molar-refractivity contribution >= 4 is 50.7 Å². The summed E-state index contributed by atoms with van der Waals surface area (Å²) >= 11 is 0. The van der Waals surface area contributed by atoms with E-state index in [4.69, 9.17) is 0 Å². The molecule has 0 aliphatic carbocycles. The second kappa shape index (κ2) is 11.3. The lowest BCUT2D eigenvalue weighted by Gasteiger charge is -2.31. The Balaban J connectivity index is 1.01. The minimum absolute atomic E-state index is 0.185. The number of hydrogen-bond acceptors (Lipinski definition) is 5. The Morgan fingerprint density at radius 1 is 0.773 bits per heavy atom. The molecule has 9 heteroatoms. The number of piperidine rings is 1. The molecule has 0 radical (unpaired) electrons. The first-order valence-corrected chi connectivity index (χ1v) is 14.7. The van der Waals surface area contributed by atoms with Crippen LogP contribution in [0.3, 0.4) is 0 Å². The Kier molecular flexibility index (Phi) is 7.07. The molecule has 7 rings (SSSR count). The zero-order valence-electron chi connectivity index (χ0n) is 24.2. The van der Waals surface area contributed by atoms with Gasteiger partial charge in [-0.15, -0.1) is 0 Å². The number of benzene rings is 4. The molecule has 0 spiro atoms. The first kappa shape index (κ1) is 27.4. The van der Waals surface area contributed by atoms with Crippen molar-refractivity contribution in [3.8, 4) is 5.69 Å². The molecular formula is C35H32N6O3. The zero-order chi connectivity index (χ0) is 30.2. The SMILES string of the molecule is Cc1cc2cc(NC(=O)c3ccc(-n4ncc5cc(NC(=O)c6ccc(N7CCC(O)CC7)cc6)ccc54)cc3)ccc2[nH]1. The van der Waals surface area contributed by atoms with Crippen molar-refractivity contribution < 1.29 is 14.7 Å². The Morgan fingerprint density at radius 3 is 2.02 bits per heavy atom. The third-order valence-electron chi connectivity index (χ3n) is 8.17. The average Bonchev–Trinajstić information content (AvgIpc) is 3.63. The predicted octanol–water partition coefficient (Wildman–Crippen LogP) is 6.28. The molecule has 1 fully saturated rings. The molecule has 220 valence electrons. The molecule has 0 atom stereocenters. The van der Waals surface area contributed by atoms with Gasteiger partial charge in [0.2, 0.25) is 0 Å². The number of aromatic nitrogens is 3. The van der Waals surface area contributed by atoms with Crippen molar-refractivity contribution in [2.75, 3.05) is 28.6 Å². The van der Waals surface area contributed by atoms with E-state index < -0.39 is 0 Å². The number of aromatic amines is 1. The number of carbonyl (C=O) groups excluding carboxylic acids is 2. The molecular weight excluding hydrogens is 552 g/mol. The number of H-pyrrole nitrogens is 1. The molecule has 1 aliphatic heterocycles. The molecule has 0 bridgehead atoms. The maximum atomic E-state index is 13.0. The quantitative estimate of drug-likeness (QED) is 0.184. The number of nitrogens with one attached hydrogen (secondary N) is 3. The van der Waals surface area contributed by atoms with E-state index in [0.717, 1.165) is 70.5 Å². The monoisotopic (exact) mass is 584 g/mol. The number of nitrogens with zero attached hydrogens (tertiary/aromatic N) is 3. The Morgan fingerprint density at radius 2 is 1.36 bits per heavy atom. The first-order valence-electron chi connectivity index (χ1n) is 14.7. The molecule has 9 nitrogen and oxygen atoms in total. The summed E-state index contributed by atoms with van der Waals surface area (Å²) in [4.78, 5) is 31.4.